The summed E-state index contributed by atoms with van der Waals surface area (Å²) >= 11 is 6.35. The molecule has 0 amide bonds. The lowest BCUT2D eigenvalue weighted by molar-refractivity contribution is 0.373. The minimum Gasteiger partial charge on any atom is -0.367 e. The number of piperazine rings is 1. The molecule has 28 heavy (non-hydrogen) atoms. The summed E-state index contributed by atoms with van der Waals surface area (Å²) in [7, 11) is 0. The lowest BCUT2D eigenvalue weighted by Gasteiger charge is -2.38. The van der Waals surface area contributed by atoms with E-state index in [1.54, 1.807) is 6.33 Å². The first-order valence-corrected chi connectivity index (χ1v) is 10.1. The molecule has 0 atom stereocenters. The molecule has 1 aromatic heterocycles. The molecule has 1 aliphatic heterocycles. The second-order valence-corrected chi connectivity index (χ2v) is 7.00. The first kappa shape index (κ1) is 20.2. The van der Waals surface area contributed by atoms with Crippen LogP contribution in [0, 0.1) is 0 Å². The number of aliphatic imine (C=N–C) groups is 1. The summed E-state index contributed by atoms with van der Waals surface area (Å²) in [5.41, 5.74) is 1.10. The van der Waals surface area contributed by atoms with Crippen LogP contribution in [0.1, 0.15) is 12.7 Å². The topological polar surface area (TPSA) is 61.6 Å². The monoisotopic (exact) mass is 401 g/mol. The minimum absolute atomic E-state index is 0.676. The maximum Gasteiger partial charge on any atom is 0.194 e. The van der Waals surface area contributed by atoms with Crippen LogP contribution < -0.4 is 10.2 Å². The Morgan fingerprint density at radius 1 is 1.29 bits per heavy atom. The highest BCUT2D eigenvalue weighted by molar-refractivity contribution is 6.33. The molecule has 1 fully saturated rings. The van der Waals surface area contributed by atoms with Crippen molar-refractivity contribution in [1.29, 1.82) is 0 Å². The summed E-state index contributed by atoms with van der Waals surface area (Å²) in [6.07, 6.45) is 4.49. The van der Waals surface area contributed by atoms with Crippen molar-refractivity contribution >= 4 is 23.2 Å². The second kappa shape index (κ2) is 10.1. The largest absolute Gasteiger partial charge is 0.367 e. The standard InChI is InChI=1S/C20H28ClN7/c1-3-9-22-20(23-10-11-28-16-24-25-19(28)4-2)27-14-12-26(13-15-27)18-8-6-5-7-17(18)21/h3,5-8,16H,1,4,9-15H2,2H3,(H,22,23). The van der Waals surface area contributed by atoms with E-state index in [2.05, 4.69) is 49.5 Å². The van der Waals surface area contributed by atoms with Crippen LogP contribution in [-0.4, -0.2) is 64.9 Å². The Bertz CT molecular complexity index is 793. The highest BCUT2D eigenvalue weighted by Crippen LogP contribution is 2.26. The van der Waals surface area contributed by atoms with Gasteiger partial charge in [-0.05, 0) is 12.1 Å². The summed E-state index contributed by atoms with van der Waals surface area (Å²) < 4.78 is 2.06. The number of nitrogens with one attached hydrogen (secondary N) is 1. The molecule has 0 saturated carbocycles. The molecule has 0 radical (unpaired) electrons. The predicted molar refractivity (Wildman–Crippen MR) is 115 cm³/mol. The number of halogens is 1. The Balaban J connectivity index is 1.60. The van der Waals surface area contributed by atoms with Crippen LogP contribution in [0.25, 0.3) is 0 Å². The number of rotatable bonds is 7. The quantitative estimate of drug-likeness (QED) is 0.438. The van der Waals surface area contributed by atoms with Gasteiger partial charge in [-0.3, -0.25) is 4.99 Å². The van der Waals surface area contributed by atoms with Gasteiger partial charge < -0.3 is 19.7 Å². The van der Waals surface area contributed by atoms with E-state index in [4.69, 9.17) is 16.6 Å². The zero-order valence-corrected chi connectivity index (χ0v) is 17.1. The lowest BCUT2D eigenvalue weighted by Crippen LogP contribution is -2.52. The number of hydrogen-bond donors (Lipinski definition) is 1. The average molecular weight is 402 g/mol. The number of anilines is 1. The molecule has 0 spiro atoms. The summed E-state index contributed by atoms with van der Waals surface area (Å²) in [5, 5.41) is 12.3. The third kappa shape index (κ3) is 5.04. The van der Waals surface area contributed by atoms with E-state index in [1.165, 1.54) is 0 Å². The van der Waals surface area contributed by atoms with Gasteiger partial charge in [-0.15, -0.1) is 16.8 Å². The van der Waals surface area contributed by atoms with Gasteiger partial charge in [0.25, 0.3) is 0 Å². The van der Waals surface area contributed by atoms with Crippen LogP contribution in [0.3, 0.4) is 0 Å². The normalized spacial score (nSPS) is 15.0. The number of aryl methyl sites for hydroxylation is 1. The molecule has 3 rings (SSSR count). The molecule has 0 unspecified atom stereocenters. The number of hydrogen-bond acceptors (Lipinski definition) is 4. The van der Waals surface area contributed by atoms with Crippen molar-refractivity contribution in [2.75, 3.05) is 44.2 Å². The van der Waals surface area contributed by atoms with Crippen LogP contribution in [0.15, 0.2) is 48.2 Å². The van der Waals surface area contributed by atoms with Gasteiger partial charge in [0, 0.05) is 45.7 Å². The summed E-state index contributed by atoms with van der Waals surface area (Å²) in [6.45, 7) is 11.6. The van der Waals surface area contributed by atoms with E-state index in [9.17, 15) is 0 Å². The molecular formula is C20H28ClN7. The molecule has 7 nitrogen and oxygen atoms in total. The van der Waals surface area contributed by atoms with Crippen molar-refractivity contribution in [1.82, 2.24) is 25.0 Å². The fraction of sp³-hybridized carbons (Fsp3) is 0.450. The summed E-state index contributed by atoms with van der Waals surface area (Å²) in [5.74, 6) is 1.91. The van der Waals surface area contributed by atoms with E-state index in [0.29, 0.717) is 13.1 Å². The van der Waals surface area contributed by atoms with E-state index in [-0.39, 0.29) is 0 Å². The number of guanidine groups is 1. The zero-order valence-electron chi connectivity index (χ0n) is 16.4. The van der Waals surface area contributed by atoms with Crippen LogP contribution in [-0.2, 0) is 13.0 Å². The molecule has 0 bridgehead atoms. The fourth-order valence-electron chi connectivity index (χ4n) is 3.30. The van der Waals surface area contributed by atoms with Gasteiger partial charge in [0.2, 0.25) is 0 Å². The third-order valence-electron chi connectivity index (χ3n) is 4.79. The number of nitrogens with zero attached hydrogens (tertiary/aromatic N) is 6. The van der Waals surface area contributed by atoms with E-state index in [1.807, 2.05) is 24.3 Å². The molecule has 1 aromatic carbocycles. The zero-order chi connectivity index (χ0) is 19.8. The van der Waals surface area contributed by atoms with Gasteiger partial charge in [-0.25, -0.2) is 0 Å². The van der Waals surface area contributed by atoms with Crippen molar-refractivity contribution in [3.05, 3.63) is 54.1 Å². The highest BCUT2D eigenvalue weighted by Gasteiger charge is 2.21. The lowest BCUT2D eigenvalue weighted by atomic mass is 10.2. The molecule has 8 heteroatoms. The van der Waals surface area contributed by atoms with Crippen molar-refractivity contribution in [3.8, 4) is 0 Å². The summed E-state index contributed by atoms with van der Waals surface area (Å²) in [4.78, 5) is 9.44. The molecule has 1 aliphatic rings. The number of para-hydroxylation sites is 1. The van der Waals surface area contributed by atoms with E-state index < -0.39 is 0 Å². The number of aromatic nitrogens is 3. The Morgan fingerprint density at radius 2 is 2.07 bits per heavy atom. The van der Waals surface area contributed by atoms with Gasteiger partial charge in [-0.2, -0.15) is 0 Å². The van der Waals surface area contributed by atoms with Crippen molar-refractivity contribution in [2.24, 2.45) is 4.99 Å². The van der Waals surface area contributed by atoms with Gasteiger partial charge in [0.1, 0.15) is 12.2 Å². The molecular weight excluding hydrogens is 374 g/mol. The van der Waals surface area contributed by atoms with Gasteiger partial charge in [0.05, 0.1) is 17.3 Å². The van der Waals surface area contributed by atoms with Crippen molar-refractivity contribution in [3.63, 3.8) is 0 Å². The van der Waals surface area contributed by atoms with Crippen molar-refractivity contribution < 1.29 is 0 Å². The Hall–Kier alpha value is -2.54. The molecule has 1 N–H and O–H groups in total. The highest BCUT2D eigenvalue weighted by atomic mass is 35.5. The molecule has 1 saturated heterocycles. The summed E-state index contributed by atoms with van der Waals surface area (Å²) in [6, 6.07) is 8.01. The maximum absolute atomic E-state index is 6.35. The van der Waals surface area contributed by atoms with Gasteiger partial charge in [0.15, 0.2) is 5.96 Å². The smallest absolute Gasteiger partial charge is 0.194 e. The SMILES string of the molecule is C=CCNC(=NCCn1cnnc1CC)N1CCN(c2ccccc2Cl)CC1. The molecule has 0 aliphatic carbocycles. The molecule has 150 valence electrons. The van der Waals surface area contributed by atoms with Crippen molar-refractivity contribution in [2.45, 2.75) is 19.9 Å². The van der Waals surface area contributed by atoms with Crippen LogP contribution in [0.5, 0.6) is 0 Å². The first-order valence-electron chi connectivity index (χ1n) is 9.73. The van der Waals surface area contributed by atoms with Crippen LogP contribution in [0.4, 0.5) is 5.69 Å². The molecule has 2 aromatic rings. The Kier molecular flexibility index (Phi) is 7.31. The predicted octanol–water partition coefficient (Wildman–Crippen LogP) is 2.45. The Morgan fingerprint density at radius 3 is 2.79 bits per heavy atom. The average Bonchev–Trinajstić information content (AvgIpc) is 3.19. The van der Waals surface area contributed by atoms with Gasteiger partial charge >= 0.3 is 0 Å². The molecule has 2 heterocycles. The Labute approximate surface area is 171 Å². The number of benzene rings is 1. The minimum atomic E-state index is 0.676. The fourth-order valence-corrected chi connectivity index (χ4v) is 3.56. The van der Waals surface area contributed by atoms with E-state index in [0.717, 1.165) is 61.6 Å². The first-order chi connectivity index (χ1) is 13.7. The maximum atomic E-state index is 6.35. The second-order valence-electron chi connectivity index (χ2n) is 6.59. The third-order valence-corrected chi connectivity index (χ3v) is 5.11. The van der Waals surface area contributed by atoms with Gasteiger partial charge in [-0.1, -0.05) is 36.7 Å². The van der Waals surface area contributed by atoms with Crippen LogP contribution in [0.2, 0.25) is 5.02 Å². The van der Waals surface area contributed by atoms with Crippen LogP contribution >= 0.6 is 11.6 Å². The van der Waals surface area contributed by atoms with E-state index >= 15 is 0 Å².